The van der Waals surface area contributed by atoms with Gasteiger partial charge in [-0.3, -0.25) is 4.79 Å². The highest BCUT2D eigenvalue weighted by atomic mass is 35.5. The van der Waals surface area contributed by atoms with E-state index < -0.39 is 5.54 Å². The van der Waals surface area contributed by atoms with Crippen LogP contribution in [0.2, 0.25) is 10.0 Å². The normalized spacial score (nSPS) is 15.7. The smallest absolute Gasteiger partial charge is 0.237 e. The van der Waals surface area contributed by atoms with Gasteiger partial charge in [0.2, 0.25) is 5.91 Å². The molecule has 0 saturated heterocycles. The summed E-state index contributed by atoms with van der Waals surface area (Å²) in [5.41, 5.74) is 4.78. The summed E-state index contributed by atoms with van der Waals surface area (Å²) in [5, 5.41) is 4.63. The van der Waals surface area contributed by atoms with Gasteiger partial charge in [0, 0.05) is 15.2 Å². The quantitative estimate of drug-likeness (QED) is 0.747. The Kier molecular flexibility index (Phi) is 6.65. The van der Waals surface area contributed by atoms with Gasteiger partial charge in [-0.1, -0.05) is 37.0 Å². The molecule has 2 atom stereocenters. The van der Waals surface area contributed by atoms with E-state index >= 15 is 0 Å². The van der Waals surface area contributed by atoms with E-state index in [1.807, 2.05) is 26.8 Å². The van der Waals surface area contributed by atoms with Gasteiger partial charge in [-0.2, -0.15) is 0 Å². The number of nitrogens with two attached hydrogens (primary N) is 1. The van der Waals surface area contributed by atoms with Crippen LogP contribution >= 0.6 is 35.0 Å². The average molecular weight is 335 g/mol. The van der Waals surface area contributed by atoms with Gasteiger partial charge >= 0.3 is 0 Å². The number of thioether (sulfide) groups is 1. The van der Waals surface area contributed by atoms with E-state index in [9.17, 15) is 4.79 Å². The second-order valence-corrected chi connectivity index (χ2v) is 7.26. The topological polar surface area (TPSA) is 55.1 Å². The zero-order valence-electron chi connectivity index (χ0n) is 11.9. The monoisotopic (exact) mass is 334 g/mol. The first-order valence-electron chi connectivity index (χ1n) is 6.45. The Morgan fingerprint density at radius 1 is 1.50 bits per heavy atom. The van der Waals surface area contributed by atoms with E-state index in [4.69, 9.17) is 28.9 Å². The maximum Gasteiger partial charge on any atom is 0.237 e. The SMILES string of the molecule is CCNC(C)(CC(C)Sc1cc(Cl)ccc1Cl)C(N)=O. The lowest BCUT2D eigenvalue weighted by molar-refractivity contribution is -0.124. The lowest BCUT2D eigenvalue weighted by Crippen LogP contribution is -2.54. The third kappa shape index (κ3) is 4.85. The molecule has 1 amide bonds. The Labute approximate surface area is 134 Å². The molecule has 0 bridgehead atoms. The van der Waals surface area contributed by atoms with Gasteiger partial charge in [-0.05, 0) is 38.1 Å². The minimum absolute atomic E-state index is 0.169. The Morgan fingerprint density at radius 3 is 2.70 bits per heavy atom. The number of amides is 1. The van der Waals surface area contributed by atoms with Crippen molar-refractivity contribution in [2.75, 3.05) is 6.54 Å². The number of carbonyl (C=O) groups excluding carboxylic acids is 1. The molecule has 112 valence electrons. The molecule has 0 radical (unpaired) electrons. The van der Waals surface area contributed by atoms with Crippen LogP contribution in [0.25, 0.3) is 0 Å². The Bertz CT molecular complexity index is 484. The fraction of sp³-hybridized carbons (Fsp3) is 0.500. The molecule has 0 aliphatic heterocycles. The van der Waals surface area contributed by atoms with Crippen molar-refractivity contribution in [2.45, 2.75) is 42.9 Å². The van der Waals surface area contributed by atoms with Crippen molar-refractivity contribution in [1.82, 2.24) is 5.32 Å². The van der Waals surface area contributed by atoms with Crippen molar-refractivity contribution in [2.24, 2.45) is 5.73 Å². The summed E-state index contributed by atoms with van der Waals surface area (Å²) >= 11 is 13.7. The van der Waals surface area contributed by atoms with Gasteiger partial charge in [0.15, 0.2) is 0 Å². The number of likely N-dealkylation sites (N-methyl/N-ethyl adjacent to an activating group) is 1. The zero-order chi connectivity index (χ0) is 15.3. The molecule has 20 heavy (non-hydrogen) atoms. The van der Waals surface area contributed by atoms with Crippen LogP contribution in [0.15, 0.2) is 23.1 Å². The lowest BCUT2D eigenvalue weighted by Gasteiger charge is -2.29. The van der Waals surface area contributed by atoms with Crippen molar-refractivity contribution in [3.63, 3.8) is 0 Å². The van der Waals surface area contributed by atoms with Crippen LogP contribution in [-0.4, -0.2) is 23.2 Å². The maximum atomic E-state index is 11.6. The first-order chi connectivity index (χ1) is 9.28. The minimum Gasteiger partial charge on any atom is -0.368 e. The van der Waals surface area contributed by atoms with Gasteiger partial charge in [0.25, 0.3) is 0 Å². The van der Waals surface area contributed by atoms with Crippen LogP contribution < -0.4 is 11.1 Å². The Morgan fingerprint density at radius 2 is 2.15 bits per heavy atom. The van der Waals surface area contributed by atoms with E-state index in [0.29, 0.717) is 23.0 Å². The van der Waals surface area contributed by atoms with Gasteiger partial charge in [-0.25, -0.2) is 0 Å². The van der Waals surface area contributed by atoms with E-state index in [1.165, 1.54) is 0 Å². The number of halogens is 2. The van der Waals surface area contributed by atoms with Crippen molar-refractivity contribution in [3.8, 4) is 0 Å². The number of carbonyl (C=O) groups is 1. The number of primary amides is 1. The summed E-state index contributed by atoms with van der Waals surface area (Å²) in [5.74, 6) is -0.344. The van der Waals surface area contributed by atoms with Crippen molar-refractivity contribution in [3.05, 3.63) is 28.2 Å². The molecule has 6 heteroatoms. The molecule has 0 aliphatic rings. The van der Waals surface area contributed by atoms with Gasteiger partial charge < -0.3 is 11.1 Å². The molecule has 2 unspecified atom stereocenters. The predicted molar refractivity (Wildman–Crippen MR) is 87.7 cm³/mol. The summed E-state index contributed by atoms with van der Waals surface area (Å²) in [6.45, 7) is 6.51. The third-order valence-electron chi connectivity index (χ3n) is 3.03. The van der Waals surface area contributed by atoms with E-state index in [0.717, 1.165) is 4.90 Å². The van der Waals surface area contributed by atoms with Crippen LogP contribution in [-0.2, 0) is 4.79 Å². The highest BCUT2D eigenvalue weighted by Crippen LogP contribution is 2.35. The van der Waals surface area contributed by atoms with Gasteiger partial charge in [0.1, 0.15) is 0 Å². The summed E-state index contributed by atoms with van der Waals surface area (Å²) < 4.78 is 0. The molecule has 0 aromatic heterocycles. The summed E-state index contributed by atoms with van der Waals surface area (Å²) in [7, 11) is 0. The molecule has 3 N–H and O–H groups in total. The molecule has 1 aromatic rings. The van der Waals surface area contributed by atoms with Crippen LogP contribution in [0.1, 0.15) is 27.2 Å². The molecular formula is C14H20Cl2N2OS. The molecule has 3 nitrogen and oxygen atoms in total. The minimum atomic E-state index is -0.716. The van der Waals surface area contributed by atoms with Crippen LogP contribution in [0.5, 0.6) is 0 Å². The number of nitrogens with one attached hydrogen (secondary N) is 1. The molecule has 0 saturated carbocycles. The molecule has 1 rings (SSSR count). The molecule has 0 heterocycles. The molecule has 0 fully saturated rings. The second-order valence-electron chi connectivity index (χ2n) is 4.93. The van der Waals surface area contributed by atoms with E-state index in [-0.39, 0.29) is 11.2 Å². The summed E-state index contributed by atoms with van der Waals surface area (Å²) in [6, 6.07) is 5.36. The van der Waals surface area contributed by atoms with Crippen LogP contribution in [0, 0.1) is 0 Å². The van der Waals surface area contributed by atoms with E-state index in [1.54, 1.807) is 23.9 Å². The molecule has 1 aromatic carbocycles. The molecular weight excluding hydrogens is 315 g/mol. The summed E-state index contributed by atoms with van der Waals surface area (Å²) in [6.07, 6.45) is 0.615. The largest absolute Gasteiger partial charge is 0.368 e. The first-order valence-corrected chi connectivity index (χ1v) is 8.08. The van der Waals surface area contributed by atoms with Crippen LogP contribution in [0.3, 0.4) is 0 Å². The highest BCUT2D eigenvalue weighted by molar-refractivity contribution is 8.00. The van der Waals surface area contributed by atoms with E-state index in [2.05, 4.69) is 5.32 Å². The number of hydrogen-bond acceptors (Lipinski definition) is 3. The number of rotatable bonds is 7. The highest BCUT2D eigenvalue weighted by Gasteiger charge is 2.32. The number of benzene rings is 1. The Hall–Kier alpha value is -0.420. The second kappa shape index (κ2) is 7.55. The average Bonchev–Trinajstić information content (AvgIpc) is 2.33. The number of hydrogen-bond donors (Lipinski definition) is 2. The fourth-order valence-corrected chi connectivity index (χ4v) is 3.76. The van der Waals surface area contributed by atoms with Gasteiger partial charge in [0.05, 0.1) is 10.6 Å². The van der Waals surface area contributed by atoms with Crippen molar-refractivity contribution >= 4 is 40.9 Å². The molecule has 0 spiro atoms. The van der Waals surface area contributed by atoms with Crippen molar-refractivity contribution < 1.29 is 4.79 Å². The fourth-order valence-electron chi connectivity index (χ4n) is 2.05. The first kappa shape index (κ1) is 17.6. The standard InChI is InChI=1S/C14H20Cl2N2OS/c1-4-18-14(3,13(17)19)8-9(2)20-12-7-10(15)5-6-11(12)16/h5-7,9,18H,4,8H2,1-3H3,(H2,17,19). The third-order valence-corrected chi connectivity index (χ3v) is 4.87. The summed E-state index contributed by atoms with van der Waals surface area (Å²) in [4.78, 5) is 12.5. The molecule has 0 aliphatic carbocycles. The predicted octanol–water partition coefficient (Wildman–Crippen LogP) is 3.72. The Balaban J connectivity index is 2.78. The van der Waals surface area contributed by atoms with Crippen LogP contribution in [0.4, 0.5) is 0 Å². The van der Waals surface area contributed by atoms with Crippen molar-refractivity contribution in [1.29, 1.82) is 0 Å². The lowest BCUT2D eigenvalue weighted by atomic mass is 9.95. The maximum absolute atomic E-state index is 11.6. The zero-order valence-corrected chi connectivity index (χ0v) is 14.2. The van der Waals surface area contributed by atoms with Gasteiger partial charge in [-0.15, -0.1) is 11.8 Å².